The van der Waals surface area contributed by atoms with Crippen LogP contribution in [0, 0.1) is 0 Å². The summed E-state index contributed by atoms with van der Waals surface area (Å²) >= 11 is 1.57. The Morgan fingerprint density at radius 1 is 0.971 bits per heavy atom. The number of hydrogen-bond donors (Lipinski definition) is 1. The Hall–Kier alpha value is -2.36. The molecular formula is C27H29IN2O3S. The molecule has 0 aliphatic carbocycles. The number of benzene rings is 2. The van der Waals surface area contributed by atoms with Crippen molar-refractivity contribution in [3.63, 3.8) is 0 Å². The monoisotopic (exact) mass is 588 g/mol. The second-order valence-corrected chi connectivity index (χ2v) is 10.2. The van der Waals surface area contributed by atoms with Crippen LogP contribution in [0.4, 0.5) is 0 Å². The Morgan fingerprint density at radius 3 is 2.24 bits per heavy atom. The molecule has 1 unspecified atom stereocenters. The number of ketones is 2. The molecule has 1 aromatic heterocycles. The van der Waals surface area contributed by atoms with Gasteiger partial charge in [-0.2, -0.15) is 0 Å². The van der Waals surface area contributed by atoms with Gasteiger partial charge in [0.05, 0.1) is 30.6 Å². The number of amides is 1. The van der Waals surface area contributed by atoms with Crippen molar-refractivity contribution in [2.45, 2.75) is 32.7 Å². The average Bonchev–Trinajstić information content (AvgIpc) is 3.16. The molecule has 0 fully saturated rings. The third kappa shape index (κ3) is 5.64. The summed E-state index contributed by atoms with van der Waals surface area (Å²) in [5.74, 6) is -0.445. The van der Waals surface area contributed by atoms with Crippen molar-refractivity contribution in [2.24, 2.45) is 5.73 Å². The maximum atomic E-state index is 12.9. The van der Waals surface area contributed by atoms with Gasteiger partial charge >= 0.3 is 0 Å². The van der Waals surface area contributed by atoms with Crippen molar-refractivity contribution in [2.75, 3.05) is 20.1 Å². The normalized spacial score (nSPS) is 16.9. The van der Waals surface area contributed by atoms with Gasteiger partial charge in [0, 0.05) is 35.3 Å². The van der Waals surface area contributed by atoms with Gasteiger partial charge in [0.1, 0.15) is 12.3 Å². The quantitative estimate of drug-likeness (QED) is 0.242. The van der Waals surface area contributed by atoms with Crippen molar-refractivity contribution in [1.82, 2.24) is 0 Å². The molecule has 2 N–H and O–H groups in total. The summed E-state index contributed by atoms with van der Waals surface area (Å²) in [6, 6.07) is 16.3. The number of thiophene rings is 1. The molecule has 5 nitrogen and oxygen atoms in total. The predicted octanol–water partition coefficient (Wildman–Crippen LogP) is 0.959. The molecule has 1 amide bonds. The molecule has 0 radical (unpaired) electrons. The lowest BCUT2D eigenvalue weighted by molar-refractivity contribution is -0.922. The molecule has 4 rings (SSSR count). The minimum absolute atomic E-state index is 0. The van der Waals surface area contributed by atoms with Crippen LogP contribution in [0.25, 0.3) is 0 Å². The largest absolute Gasteiger partial charge is 1.00 e. The number of hydrogen-bond acceptors (Lipinski definition) is 4. The molecule has 1 atom stereocenters. The van der Waals surface area contributed by atoms with E-state index in [0.29, 0.717) is 16.7 Å². The maximum Gasteiger partial charge on any atom is 0.250 e. The van der Waals surface area contributed by atoms with Crippen LogP contribution in [-0.2, 0) is 30.6 Å². The smallest absolute Gasteiger partial charge is 0.250 e. The van der Waals surface area contributed by atoms with Crippen LogP contribution in [0.2, 0.25) is 0 Å². The summed E-state index contributed by atoms with van der Waals surface area (Å²) in [6.45, 7) is 5.06. The molecule has 1 aliphatic rings. The summed E-state index contributed by atoms with van der Waals surface area (Å²) in [7, 11) is 2.23. The highest BCUT2D eigenvalue weighted by Gasteiger charge is 2.33. The molecule has 0 saturated heterocycles. The van der Waals surface area contributed by atoms with E-state index in [4.69, 9.17) is 5.73 Å². The molecular weight excluding hydrogens is 559 g/mol. The zero-order chi connectivity index (χ0) is 23.6. The van der Waals surface area contributed by atoms with Gasteiger partial charge in [-0.05, 0) is 18.1 Å². The third-order valence-electron chi connectivity index (χ3n) is 6.61. The van der Waals surface area contributed by atoms with Gasteiger partial charge in [-0.25, -0.2) is 0 Å². The summed E-state index contributed by atoms with van der Waals surface area (Å²) in [5.41, 5.74) is 9.41. The van der Waals surface area contributed by atoms with E-state index in [-0.39, 0.29) is 48.4 Å². The molecule has 178 valence electrons. The molecule has 0 bridgehead atoms. The van der Waals surface area contributed by atoms with E-state index in [1.165, 1.54) is 4.88 Å². The summed E-state index contributed by atoms with van der Waals surface area (Å²) in [6.07, 6.45) is 1.28. The van der Waals surface area contributed by atoms with Crippen molar-refractivity contribution in [1.29, 1.82) is 0 Å². The minimum atomic E-state index is -0.438. The number of carbonyl (C=O) groups excluding carboxylic acids is 3. The third-order valence-corrected chi connectivity index (χ3v) is 7.83. The number of primary amides is 1. The predicted molar refractivity (Wildman–Crippen MR) is 131 cm³/mol. The highest BCUT2D eigenvalue weighted by Crippen LogP contribution is 2.35. The first-order valence-corrected chi connectivity index (χ1v) is 12.1. The number of carbonyl (C=O) groups is 3. The topological polar surface area (TPSA) is 77.2 Å². The van der Waals surface area contributed by atoms with Gasteiger partial charge in [-0.1, -0.05) is 54.6 Å². The van der Waals surface area contributed by atoms with Gasteiger partial charge < -0.3 is 34.2 Å². The molecule has 2 heterocycles. The number of fused-ring (bicyclic) bond motifs is 1. The zero-order valence-electron chi connectivity index (χ0n) is 19.5. The molecule has 3 aromatic rings. The van der Waals surface area contributed by atoms with E-state index >= 15 is 0 Å². The lowest BCUT2D eigenvalue weighted by Gasteiger charge is -2.36. The van der Waals surface area contributed by atoms with E-state index in [1.54, 1.807) is 35.6 Å². The van der Waals surface area contributed by atoms with Crippen molar-refractivity contribution < 1.29 is 42.8 Å². The fourth-order valence-electron chi connectivity index (χ4n) is 4.45. The van der Waals surface area contributed by atoms with E-state index in [2.05, 4.69) is 14.0 Å². The van der Waals surface area contributed by atoms with Crippen molar-refractivity contribution in [3.05, 3.63) is 92.2 Å². The molecule has 0 saturated carbocycles. The van der Waals surface area contributed by atoms with Crippen LogP contribution in [0.3, 0.4) is 0 Å². The summed E-state index contributed by atoms with van der Waals surface area (Å²) in [5, 5.41) is 0. The van der Waals surface area contributed by atoms with Crippen LogP contribution in [0.15, 0.2) is 54.6 Å². The summed E-state index contributed by atoms with van der Waals surface area (Å²) in [4.78, 5) is 39.7. The molecule has 34 heavy (non-hydrogen) atoms. The molecule has 7 heteroatoms. The standard InChI is InChI=1S/C27H28N2O3S.HI/c1-3-29(2)14-13-22-24(17-29)33-23(25(22)27(28)32)16-21(30)15-18-9-11-20(12-10-18)26(31)19-7-5-4-6-8-19;/h4-12H,3,13-17H2,1-2H3,(H-,28,32);1H. The van der Waals surface area contributed by atoms with Gasteiger partial charge in [-0.3, -0.25) is 14.4 Å². The number of nitrogens with two attached hydrogens (primary N) is 1. The number of halogens is 1. The lowest BCUT2D eigenvalue weighted by Crippen LogP contribution is -3.00. The van der Waals surface area contributed by atoms with Gasteiger partial charge in [0.25, 0.3) is 0 Å². The van der Waals surface area contributed by atoms with Crippen molar-refractivity contribution >= 4 is 28.8 Å². The van der Waals surface area contributed by atoms with Crippen LogP contribution in [0.5, 0.6) is 0 Å². The number of likely N-dealkylation sites (N-methyl/N-ethyl adjacent to an activating group) is 1. The Morgan fingerprint density at radius 2 is 1.62 bits per heavy atom. The van der Waals surface area contributed by atoms with E-state index in [9.17, 15) is 14.4 Å². The first kappa shape index (κ1) is 26.2. The van der Waals surface area contributed by atoms with Crippen LogP contribution >= 0.6 is 11.3 Å². The molecule has 2 aromatic carbocycles. The first-order valence-electron chi connectivity index (χ1n) is 11.3. The van der Waals surface area contributed by atoms with Crippen LogP contribution in [-0.4, -0.2) is 42.1 Å². The fourth-order valence-corrected chi connectivity index (χ4v) is 6.01. The summed E-state index contributed by atoms with van der Waals surface area (Å²) < 4.78 is 0.938. The van der Waals surface area contributed by atoms with Crippen LogP contribution < -0.4 is 29.7 Å². The van der Waals surface area contributed by atoms with Gasteiger partial charge in [-0.15, -0.1) is 11.3 Å². The first-order chi connectivity index (χ1) is 15.8. The SMILES string of the molecule is CC[N+]1(C)CCc2c(sc(CC(=O)Cc3ccc(C(=O)c4ccccc4)cc3)c2C(N)=O)C1.[I-]. The highest BCUT2D eigenvalue weighted by atomic mass is 127. The highest BCUT2D eigenvalue weighted by molar-refractivity contribution is 7.12. The Kier molecular flexibility index (Phi) is 8.43. The van der Waals surface area contributed by atoms with E-state index in [0.717, 1.165) is 46.5 Å². The second-order valence-electron chi connectivity index (χ2n) is 9.02. The molecule has 1 aliphatic heterocycles. The van der Waals surface area contributed by atoms with Gasteiger partial charge in [0.2, 0.25) is 5.91 Å². The maximum absolute atomic E-state index is 12.9. The number of quaternary nitrogens is 1. The average molecular weight is 589 g/mol. The fraction of sp³-hybridized carbons (Fsp3) is 0.296. The van der Waals surface area contributed by atoms with Crippen LogP contribution in [0.1, 0.15) is 54.1 Å². The van der Waals surface area contributed by atoms with E-state index in [1.807, 2.05) is 30.3 Å². The van der Waals surface area contributed by atoms with Gasteiger partial charge in [0.15, 0.2) is 5.78 Å². The zero-order valence-corrected chi connectivity index (χ0v) is 22.4. The Balaban J connectivity index is 0.00000324. The number of rotatable bonds is 8. The Labute approximate surface area is 221 Å². The number of Topliss-reactive ketones (excluding diaryl/α,β-unsaturated/α-hetero) is 1. The minimum Gasteiger partial charge on any atom is -1.00 e. The van der Waals surface area contributed by atoms with E-state index < -0.39 is 5.91 Å². The molecule has 0 spiro atoms. The van der Waals surface area contributed by atoms with Crippen molar-refractivity contribution in [3.8, 4) is 0 Å². The second kappa shape index (κ2) is 10.9. The number of nitrogens with zero attached hydrogens (tertiary/aromatic N) is 1. The Bertz CT molecular complexity index is 1200. The lowest BCUT2D eigenvalue weighted by atomic mass is 9.97.